The molecule has 0 aromatic heterocycles. The standard InChI is InChI=1S/C11H19NO3/c1-14-11(13)10-3-2-9(15-10)8-4-6-12-7-5-8/h8-10,12H,2-7H2,1H3. The molecule has 0 aromatic carbocycles. The van der Waals surface area contributed by atoms with Crippen molar-refractivity contribution >= 4 is 5.97 Å². The third-order valence-electron chi connectivity index (χ3n) is 3.43. The Balaban J connectivity index is 1.83. The number of esters is 1. The van der Waals surface area contributed by atoms with Gasteiger partial charge in [-0.05, 0) is 44.7 Å². The highest BCUT2D eigenvalue weighted by Crippen LogP contribution is 2.30. The first kappa shape index (κ1) is 10.9. The van der Waals surface area contributed by atoms with Crippen LogP contribution >= 0.6 is 0 Å². The number of carbonyl (C=O) groups excluding carboxylic acids is 1. The Bertz CT molecular complexity index is 226. The molecule has 0 amide bonds. The van der Waals surface area contributed by atoms with E-state index in [2.05, 4.69) is 5.32 Å². The van der Waals surface area contributed by atoms with E-state index in [4.69, 9.17) is 9.47 Å². The summed E-state index contributed by atoms with van der Waals surface area (Å²) in [4.78, 5) is 11.3. The fourth-order valence-corrected chi connectivity index (χ4v) is 2.53. The molecule has 86 valence electrons. The van der Waals surface area contributed by atoms with E-state index in [0.717, 1.165) is 25.9 Å². The minimum absolute atomic E-state index is 0.216. The number of hydrogen-bond acceptors (Lipinski definition) is 4. The summed E-state index contributed by atoms with van der Waals surface area (Å²) in [5.41, 5.74) is 0. The Hall–Kier alpha value is -0.610. The van der Waals surface area contributed by atoms with Crippen LogP contribution in [0.2, 0.25) is 0 Å². The average molecular weight is 213 g/mol. The number of rotatable bonds is 2. The smallest absolute Gasteiger partial charge is 0.334 e. The van der Waals surface area contributed by atoms with Crippen molar-refractivity contribution in [3.8, 4) is 0 Å². The van der Waals surface area contributed by atoms with Crippen LogP contribution in [-0.2, 0) is 14.3 Å². The highest BCUT2D eigenvalue weighted by molar-refractivity contribution is 5.74. The second kappa shape index (κ2) is 4.94. The quantitative estimate of drug-likeness (QED) is 0.686. The second-order valence-electron chi connectivity index (χ2n) is 4.35. The first-order chi connectivity index (χ1) is 7.31. The van der Waals surface area contributed by atoms with Crippen molar-refractivity contribution in [2.75, 3.05) is 20.2 Å². The maximum Gasteiger partial charge on any atom is 0.334 e. The molecule has 2 saturated heterocycles. The zero-order valence-electron chi connectivity index (χ0n) is 9.20. The molecule has 0 aromatic rings. The molecule has 0 bridgehead atoms. The summed E-state index contributed by atoms with van der Waals surface area (Å²) in [5.74, 6) is 0.410. The lowest BCUT2D eigenvalue weighted by molar-refractivity contribution is -0.154. The van der Waals surface area contributed by atoms with E-state index in [1.54, 1.807) is 0 Å². The van der Waals surface area contributed by atoms with Gasteiger partial charge in [0.05, 0.1) is 13.2 Å². The maximum atomic E-state index is 11.3. The first-order valence-electron chi connectivity index (χ1n) is 5.75. The fourth-order valence-electron chi connectivity index (χ4n) is 2.53. The van der Waals surface area contributed by atoms with Crippen LogP contribution in [0.5, 0.6) is 0 Å². The van der Waals surface area contributed by atoms with Crippen molar-refractivity contribution in [1.29, 1.82) is 0 Å². The van der Waals surface area contributed by atoms with Crippen LogP contribution in [0.4, 0.5) is 0 Å². The third kappa shape index (κ3) is 2.49. The van der Waals surface area contributed by atoms with Crippen molar-refractivity contribution < 1.29 is 14.3 Å². The van der Waals surface area contributed by atoms with Crippen molar-refractivity contribution in [3.63, 3.8) is 0 Å². The molecule has 0 saturated carbocycles. The van der Waals surface area contributed by atoms with Gasteiger partial charge in [0, 0.05) is 0 Å². The van der Waals surface area contributed by atoms with E-state index in [1.165, 1.54) is 20.0 Å². The van der Waals surface area contributed by atoms with Crippen LogP contribution in [0.1, 0.15) is 25.7 Å². The number of hydrogen-bond donors (Lipinski definition) is 1. The van der Waals surface area contributed by atoms with Crippen LogP contribution in [0.25, 0.3) is 0 Å². The van der Waals surface area contributed by atoms with Crippen LogP contribution in [0.15, 0.2) is 0 Å². The number of carbonyl (C=O) groups is 1. The van der Waals surface area contributed by atoms with Gasteiger partial charge in [0.2, 0.25) is 0 Å². The van der Waals surface area contributed by atoms with Gasteiger partial charge in [-0.1, -0.05) is 0 Å². The molecular weight excluding hydrogens is 194 g/mol. The van der Waals surface area contributed by atoms with Gasteiger partial charge in [-0.2, -0.15) is 0 Å². The average Bonchev–Trinajstić information content (AvgIpc) is 2.78. The van der Waals surface area contributed by atoms with E-state index in [-0.39, 0.29) is 18.2 Å². The first-order valence-corrected chi connectivity index (χ1v) is 5.75. The Morgan fingerprint density at radius 2 is 2.00 bits per heavy atom. The molecule has 2 atom stereocenters. The topological polar surface area (TPSA) is 47.6 Å². The summed E-state index contributed by atoms with van der Waals surface area (Å²) in [6, 6.07) is 0. The summed E-state index contributed by atoms with van der Waals surface area (Å²) < 4.78 is 10.4. The molecule has 4 nitrogen and oxygen atoms in total. The highest BCUT2D eigenvalue weighted by Gasteiger charge is 2.35. The molecule has 2 aliphatic heterocycles. The summed E-state index contributed by atoms with van der Waals surface area (Å²) >= 11 is 0. The van der Waals surface area contributed by atoms with Gasteiger partial charge in [-0.25, -0.2) is 4.79 Å². The van der Waals surface area contributed by atoms with Crippen LogP contribution in [-0.4, -0.2) is 38.4 Å². The van der Waals surface area contributed by atoms with Gasteiger partial charge in [0.25, 0.3) is 0 Å². The van der Waals surface area contributed by atoms with E-state index in [1.807, 2.05) is 0 Å². The molecule has 2 heterocycles. The molecule has 15 heavy (non-hydrogen) atoms. The Morgan fingerprint density at radius 1 is 1.27 bits per heavy atom. The highest BCUT2D eigenvalue weighted by atomic mass is 16.6. The predicted molar refractivity (Wildman–Crippen MR) is 55.5 cm³/mol. The van der Waals surface area contributed by atoms with Crippen molar-refractivity contribution in [1.82, 2.24) is 5.32 Å². The third-order valence-corrected chi connectivity index (χ3v) is 3.43. The van der Waals surface area contributed by atoms with Gasteiger partial charge < -0.3 is 14.8 Å². The molecule has 0 spiro atoms. The molecule has 0 aliphatic carbocycles. The van der Waals surface area contributed by atoms with E-state index < -0.39 is 0 Å². The Morgan fingerprint density at radius 3 is 2.67 bits per heavy atom. The minimum atomic E-state index is -0.310. The molecular formula is C11H19NO3. The number of nitrogens with one attached hydrogen (secondary N) is 1. The van der Waals surface area contributed by atoms with Crippen molar-refractivity contribution in [3.05, 3.63) is 0 Å². The Kier molecular flexibility index (Phi) is 3.59. The van der Waals surface area contributed by atoms with Crippen molar-refractivity contribution in [2.45, 2.75) is 37.9 Å². The van der Waals surface area contributed by atoms with E-state index >= 15 is 0 Å². The lowest BCUT2D eigenvalue weighted by Gasteiger charge is -2.27. The second-order valence-corrected chi connectivity index (χ2v) is 4.35. The Labute approximate surface area is 90.3 Å². The van der Waals surface area contributed by atoms with Crippen LogP contribution in [0.3, 0.4) is 0 Å². The van der Waals surface area contributed by atoms with E-state index in [0.29, 0.717) is 5.92 Å². The monoisotopic (exact) mass is 213 g/mol. The molecule has 1 N–H and O–H groups in total. The summed E-state index contributed by atoms with van der Waals surface area (Å²) in [6.45, 7) is 2.15. The summed E-state index contributed by atoms with van der Waals surface area (Å²) in [7, 11) is 1.42. The van der Waals surface area contributed by atoms with E-state index in [9.17, 15) is 4.79 Å². The molecule has 4 heteroatoms. The van der Waals surface area contributed by atoms with Gasteiger partial charge in [0.1, 0.15) is 0 Å². The SMILES string of the molecule is COC(=O)C1CCC(C2CCNCC2)O1. The maximum absolute atomic E-state index is 11.3. The fraction of sp³-hybridized carbons (Fsp3) is 0.909. The lowest BCUT2D eigenvalue weighted by Crippen LogP contribution is -2.34. The number of piperidine rings is 1. The normalized spacial score (nSPS) is 32.9. The molecule has 0 radical (unpaired) electrons. The molecule has 2 unspecified atom stereocenters. The zero-order chi connectivity index (χ0) is 10.7. The largest absolute Gasteiger partial charge is 0.467 e. The van der Waals surface area contributed by atoms with Gasteiger partial charge in [0.15, 0.2) is 6.10 Å². The van der Waals surface area contributed by atoms with Crippen LogP contribution < -0.4 is 5.32 Å². The van der Waals surface area contributed by atoms with Gasteiger partial charge in [-0.15, -0.1) is 0 Å². The number of methoxy groups -OCH3 is 1. The van der Waals surface area contributed by atoms with Crippen molar-refractivity contribution in [2.24, 2.45) is 5.92 Å². The van der Waals surface area contributed by atoms with Gasteiger partial charge in [-0.3, -0.25) is 0 Å². The number of ether oxygens (including phenoxy) is 2. The minimum Gasteiger partial charge on any atom is -0.467 e. The van der Waals surface area contributed by atoms with Gasteiger partial charge >= 0.3 is 5.97 Å². The summed E-state index contributed by atoms with van der Waals surface area (Å²) in [5, 5.41) is 3.34. The summed E-state index contributed by atoms with van der Waals surface area (Å²) in [6.07, 6.45) is 4.12. The molecule has 2 rings (SSSR count). The molecule has 2 fully saturated rings. The van der Waals surface area contributed by atoms with Crippen LogP contribution in [0, 0.1) is 5.92 Å². The predicted octanol–water partition coefficient (Wildman–Crippen LogP) is 0.707. The lowest BCUT2D eigenvalue weighted by atomic mass is 9.91. The zero-order valence-corrected chi connectivity index (χ0v) is 9.20. The molecule has 2 aliphatic rings.